The monoisotopic (exact) mass is 223 g/mol. The van der Waals surface area contributed by atoms with E-state index >= 15 is 0 Å². The van der Waals surface area contributed by atoms with Crippen LogP contribution >= 0.6 is 0 Å². The second-order valence-electron chi connectivity index (χ2n) is 3.87. The molecule has 1 aromatic rings. The molecule has 1 atom stereocenters. The number of hydrogen-bond donors (Lipinski definition) is 2. The minimum Gasteiger partial charge on any atom is -0.508 e. The lowest BCUT2D eigenvalue weighted by Gasteiger charge is -2.19. The number of aromatic hydroxyl groups is 1. The van der Waals surface area contributed by atoms with Gasteiger partial charge < -0.3 is 9.84 Å². The van der Waals surface area contributed by atoms with E-state index in [2.05, 4.69) is 5.32 Å². The molecule has 0 fully saturated rings. The summed E-state index contributed by atoms with van der Waals surface area (Å²) in [6, 6.07) is 6.19. The van der Waals surface area contributed by atoms with Crippen molar-refractivity contribution in [3.63, 3.8) is 0 Å². The smallest absolute Gasteiger partial charge is 0.327 e. The Kier molecular flexibility index (Phi) is 4.31. The molecule has 4 heteroatoms. The number of benzene rings is 1. The molecule has 0 saturated carbocycles. The largest absolute Gasteiger partial charge is 0.508 e. The third-order valence-corrected chi connectivity index (χ3v) is 2.14. The zero-order valence-electron chi connectivity index (χ0n) is 9.73. The summed E-state index contributed by atoms with van der Waals surface area (Å²) in [5, 5.41) is 12.5. The van der Waals surface area contributed by atoms with Crippen LogP contribution in [0.25, 0.3) is 0 Å². The summed E-state index contributed by atoms with van der Waals surface area (Å²) in [6.45, 7) is 3.89. The molecule has 0 aliphatic rings. The third-order valence-electron chi connectivity index (χ3n) is 2.14. The van der Waals surface area contributed by atoms with Gasteiger partial charge in [0.25, 0.3) is 0 Å². The fourth-order valence-electron chi connectivity index (χ4n) is 1.46. The van der Waals surface area contributed by atoms with Gasteiger partial charge in [-0.15, -0.1) is 0 Å². The number of carbonyl (C=O) groups is 1. The predicted molar refractivity (Wildman–Crippen MR) is 61.1 cm³/mol. The van der Waals surface area contributed by atoms with Gasteiger partial charge in [-0.2, -0.15) is 0 Å². The molecular formula is C12H17NO3. The quantitative estimate of drug-likeness (QED) is 0.761. The molecule has 4 nitrogen and oxygen atoms in total. The Balaban J connectivity index is 2.96. The second kappa shape index (κ2) is 5.51. The van der Waals surface area contributed by atoms with Crippen molar-refractivity contribution in [2.45, 2.75) is 25.9 Å². The first-order valence-electron chi connectivity index (χ1n) is 5.17. The highest BCUT2D eigenvalue weighted by Crippen LogP contribution is 2.19. The molecule has 1 unspecified atom stereocenters. The van der Waals surface area contributed by atoms with Gasteiger partial charge in [0.05, 0.1) is 7.11 Å². The zero-order chi connectivity index (χ0) is 12.1. The maximum atomic E-state index is 11.6. The van der Waals surface area contributed by atoms with Crippen LogP contribution < -0.4 is 5.32 Å². The highest BCUT2D eigenvalue weighted by atomic mass is 16.5. The topological polar surface area (TPSA) is 58.6 Å². The lowest BCUT2D eigenvalue weighted by molar-refractivity contribution is -0.143. The number of methoxy groups -OCH3 is 1. The van der Waals surface area contributed by atoms with E-state index < -0.39 is 6.04 Å². The molecule has 0 bridgehead atoms. The molecule has 0 heterocycles. The minimum atomic E-state index is -0.544. The Morgan fingerprint density at radius 2 is 2.12 bits per heavy atom. The van der Waals surface area contributed by atoms with Crippen molar-refractivity contribution in [3.05, 3.63) is 29.8 Å². The standard InChI is InChI=1S/C12H17NO3/c1-8(2)13-11(12(15)16-3)9-5-4-6-10(14)7-9/h4-8,11,13-14H,1-3H3. The summed E-state index contributed by atoms with van der Waals surface area (Å²) >= 11 is 0. The normalized spacial score (nSPS) is 12.5. The summed E-state index contributed by atoms with van der Waals surface area (Å²) in [5.41, 5.74) is 0.695. The van der Waals surface area contributed by atoms with E-state index in [0.717, 1.165) is 0 Å². The van der Waals surface area contributed by atoms with E-state index in [9.17, 15) is 9.90 Å². The van der Waals surface area contributed by atoms with Crippen molar-refractivity contribution in [2.75, 3.05) is 7.11 Å². The molecule has 0 aliphatic carbocycles. The van der Waals surface area contributed by atoms with Gasteiger partial charge >= 0.3 is 5.97 Å². The Labute approximate surface area is 95.2 Å². The van der Waals surface area contributed by atoms with E-state index in [4.69, 9.17) is 4.74 Å². The van der Waals surface area contributed by atoms with Crippen molar-refractivity contribution in [1.82, 2.24) is 5.32 Å². The summed E-state index contributed by atoms with van der Waals surface area (Å²) in [4.78, 5) is 11.6. The molecule has 1 rings (SSSR count). The Morgan fingerprint density at radius 3 is 2.62 bits per heavy atom. The summed E-state index contributed by atoms with van der Waals surface area (Å²) in [6.07, 6.45) is 0. The molecule has 0 saturated heterocycles. The minimum absolute atomic E-state index is 0.136. The first-order valence-corrected chi connectivity index (χ1v) is 5.17. The van der Waals surface area contributed by atoms with Crippen molar-refractivity contribution in [1.29, 1.82) is 0 Å². The number of ether oxygens (including phenoxy) is 1. The van der Waals surface area contributed by atoms with Crippen molar-refractivity contribution in [3.8, 4) is 5.75 Å². The van der Waals surface area contributed by atoms with Crippen LogP contribution in [0.15, 0.2) is 24.3 Å². The lowest BCUT2D eigenvalue weighted by atomic mass is 10.1. The van der Waals surface area contributed by atoms with E-state index in [1.54, 1.807) is 24.3 Å². The number of rotatable bonds is 4. The highest BCUT2D eigenvalue weighted by Gasteiger charge is 2.21. The van der Waals surface area contributed by atoms with Crippen LogP contribution in [0.2, 0.25) is 0 Å². The number of esters is 1. The Hall–Kier alpha value is -1.55. The SMILES string of the molecule is COC(=O)C(NC(C)C)c1cccc(O)c1. The van der Waals surface area contributed by atoms with Crippen molar-refractivity contribution < 1.29 is 14.6 Å². The first-order chi connectivity index (χ1) is 7.54. The zero-order valence-corrected chi connectivity index (χ0v) is 9.73. The average molecular weight is 223 g/mol. The molecule has 0 spiro atoms. The number of phenolic OH excluding ortho intramolecular Hbond substituents is 1. The van der Waals surface area contributed by atoms with Crippen LogP contribution in [0.4, 0.5) is 0 Å². The van der Waals surface area contributed by atoms with Gasteiger partial charge in [0.15, 0.2) is 0 Å². The van der Waals surface area contributed by atoms with E-state index in [1.807, 2.05) is 13.8 Å². The van der Waals surface area contributed by atoms with Crippen LogP contribution in [-0.4, -0.2) is 24.2 Å². The number of nitrogens with one attached hydrogen (secondary N) is 1. The van der Waals surface area contributed by atoms with E-state index in [1.165, 1.54) is 7.11 Å². The molecule has 88 valence electrons. The van der Waals surface area contributed by atoms with E-state index in [0.29, 0.717) is 5.56 Å². The summed E-state index contributed by atoms with van der Waals surface area (Å²) in [5.74, 6) is -0.226. The molecule has 16 heavy (non-hydrogen) atoms. The second-order valence-corrected chi connectivity index (χ2v) is 3.87. The van der Waals surface area contributed by atoms with Crippen LogP contribution in [0.5, 0.6) is 5.75 Å². The molecule has 0 amide bonds. The van der Waals surface area contributed by atoms with Gasteiger partial charge in [-0.25, -0.2) is 4.79 Å². The summed E-state index contributed by atoms with van der Waals surface area (Å²) in [7, 11) is 1.35. The van der Waals surface area contributed by atoms with Gasteiger partial charge in [-0.05, 0) is 31.5 Å². The molecule has 2 N–H and O–H groups in total. The fraction of sp³-hybridized carbons (Fsp3) is 0.417. The highest BCUT2D eigenvalue weighted by molar-refractivity contribution is 5.77. The molecule has 0 radical (unpaired) electrons. The van der Waals surface area contributed by atoms with Gasteiger partial charge in [-0.1, -0.05) is 12.1 Å². The van der Waals surface area contributed by atoms with Crippen LogP contribution in [0.3, 0.4) is 0 Å². The van der Waals surface area contributed by atoms with E-state index in [-0.39, 0.29) is 17.8 Å². The fourth-order valence-corrected chi connectivity index (χ4v) is 1.46. The Morgan fingerprint density at radius 1 is 1.44 bits per heavy atom. The van der Waals surface area contributed by atoms with Gasteiger partial charge in [-0.3, -0.25) is 5.32 Å². The predicted octanol–water partition coefficient (Wildman–Crippen LogP) is 1.60. The third kappa shape index (κ3) is 3.24. The van der Waals surface area contributed by atoms with Gasteiger partial charge in [0.2, 0.25) is 0 Å². The summed E-state index contributed by atoms with van der Waals surface area (Å²) < 4.78 is 4.72. The lowest BCUT2D eigenvalue weighted by Crippen LogP contribution is -2.34. The molecule has 0 aliphatic heterocycles. The number of phenols is 1. The maximum Gasteiger partial charge on any atom is 0.327 e. The first kappa shape index (κ1) is 12.5. The van der Waals surface area contributed by atoms with Crippen molar-refractivity contribution in [2.24, 2.45) is 0 Å². The van der Waals surface area contributed by atoms with Gasteiger partial charge in [0.1, 0.15) is 11.8 Å². The molecule has 0 aromatic heterocycles. The maximum absolute atomic E-state index is 11.6. The Bertz CT molecular complexity index is 363. The number of carbonyl (C=O) groups excluding carboxylic acids is 1. The molecule has 1 aromatic carbocycles. The van der Waals surface area contributed by atoms with Crippen LogP contribution in [-0.2, 0) is 9.53 Å². The van der Waals surface area contributed by atoms with Crippen molar-refractivity contribution >= 4 is 5.97 Å². The number of hydrogen-bond acceptors (Lipinski definition) is 4. The van der Waals surface area contributed by atoms with Gasteiger partial charge in [0, 0.05) is 6.04 Å². The molecular weight excluding hydrogens is 206 g/mol. The van der Waals surface area contributed by atoms with Crippen LogP contribution in [0.1, 0.15) is 25.5 Å². The van der Waals surface area contributed by atoms with Crippen LogP contribution in [0, 0.1) is 0 Å². The average Bonchev–Trinajstić information content (AvgIpc) is 2.24.